The fourth-order valence-corrected chi connectivity index (χ4v) is 3.34. The molecule has 3 aromatic rings. The third-order valence-electron chi connectivity index (χ3n) is 4.59. The molecular weight excluding hydrogens is 412 g/mol. The van der Waals surface area contributed by atoms with Crippen molar-refractivity contribution in [2.24, 2.45) is 0 Å². The third-order valence-corrected chi connectivity index (χ3v) is 4.82. The Morgan fingerprint density at radius 1 is 1.10 bits per heavy atom. The lowest BCUT2D eigenvalue weighted by Gasteiger charge is -2.31. The SMILES string of the molecule is COC(=O)C1=C(C(=O)OC)N(c2cccc(-c3nc4ccc(Cl)cc4o3)c2)COC1. The number of anilines is 1. The van der Waals surface area contributed by atoms with Gasteiger partial charge >= 0.3 is 11.9 Å². The Hall–Kier alpha value is -3.36. The maximum absolute atomic E-state index is 12.5. The molecule has 0 N–H and O–H groups in total. The second-order valence-electron chi connectivity index (χ2n) is 6.40. The molecule has 1 aliphatic heterocycles. The van der Waals surface area contributed by atoms with E-state index in [1.807, 2.05) is 6.07 Å². The van der Waals surface area contributed by atoms with Gasteiger partial charge in [-0.2, -0.15) is 0 Å². The number of nitrogens with zero attached hydrogens (tertiary/aromatic N) is 2. The zero-order valence-corrected chi connectivity index (χ0v) is 16.9. The van der Waals surface area contributed by atoms with Crippen molar-refractivity contribution in [1.29, 1.82) is 0 Å². The first-order valence-electron chi connectivity index (χ1n) is 8.93. The maximum Gasteiger partial charge on any atom is 0.355 e. The Morgan fingerprint density at radius 3 is 2.67 bits per heavy atom. The maximum atomic E-state index is 12.5. The van der Waals surface area contributed by atoms with E-state index >= 15 is 0 Å². The van der Waals surface area contributed by atoms with Crippen molar-refractivity contribution in [1.82, 2.24) is 4.98 Å². The van der Waals surface area contributed by atoms with Crippen molar-refractivity contribution in [2.45, 2.75) is 0 Å². The average molecular weight is 429 g/mol. The molecule has 30 heavy (non-hydrogen) atoms. The Balaban J connectivity index is 1.78. The number of rotatable bonds is 4. The first kappa shape index (κ1) is 19.9. The van der Waals surface area contributed by atoms with Crippen LogP contribution in [0.1, 0.15) is 0 Å². The van der Waals surface area contributed by atoms with Crippen LogP contribution in [0.25, 0.3) is 22.6 Å². The van der Waals surface area contributed by atoms with E-state index in [9.17, 15) is 9.59 Å². The molecule has 0 spiro atoms. The van der Waals surface area contributed by atoms with Gasteiger partial charge in [0, 0.05) is 22.3 Å². The predicted octanol–water partition coefficient (Wildman–Crippen LogP) is 3.54. The molecule has 0 aliphatic carbocycles. The molecule has 1 aliphatic rings. The van der Waals surface area contributed by atoms with Crippen molar-refractivity contribution < 1.29 is 28.2 Å². The number of hydrogen-bond donors (Lipinski definition) is 0. The highest BCUT2D eigenvalue weighted by molar-refractivity contribution is 6.31. The predicted molar refractivity (Wildman–Crippen MR) is 109 cm³/mol. The molecule has 1 aromatic heterocycles. The Labute approximate surface area is 176 Å². The zero-order valence-electron chi connectivity index (χ0n) is 16.2. The van der Waals surface area contributed by atoms with Gasteiger partial charge < -0.3 is 23.5 Å². The molecule has 2 heterocycles. The number of halogens is 1. The second-order valence-corrected chi connectivity index (χ2v) is 6.83. The van der Waals surface area contributed by atoms with Crippen LogP contribution in [-0.2, 0) is 23.8 Å². The Kier molecular flexibility index (Phi) is 5.43. The van der Waals surface area contributed by atoms with E-state index in [4.69, 9.17) is 30.2 Å². The van der Waals surface area contributed by atoms with Gasteiger partial charge in [-0.15, -0.1) is 0 Å². The molecular formula is C21H17ClN2O6. The summed E-state index contributed by atoms with van der Waals surface area (Å²) in [5.41, 5.74) is 2.65. The molecule has 0 fully saturated rings. The minimum atomic E-state index is -0.666. The minimum Gasteiger partial charge on any atom is -0.466 e. The lowest BCUT2D eigenvalue weighted by molar-refractivity contribution is -0.140. The number of fused-ring (bicyclic) bond motifs is 1. The van der Waals surface area contributed by atoms with Gasteiger partial charge in [0.15, 0.2) is 5.58 Å². The molecule has 0 bridgehead atoms. The largest absolute Gasteiger partial charge is 0.466 e. The lowest BCUT2D eigenvalue weighted by Crippen LogP contribution is -2.38. The molecule has 154 valence electrons. The summed E-state index contributed by atoms with van der Waals surface area (Å²) in [6.07, 6.45) is 0. The first-order chi connectivity index (χ1) is 14.5. The smallest absolute Gasteiger partial charge is 0.355 e. The third kappa shape index (κ3) is 3.62. The Morgan fingerprint density at radius 2 is 1.90 bits per heavy atom. The molecule has 2 aromatic carbocycles. The van der Waals surface area contributed by atoms with Gasteiger partial charge in [0.1, 0.15) is 17.9 Å². The number of aromatic nitrogens is 1. The molecule has 0 saturated carbocycles. The van der Waals surface area contributed by atoms with E-state index in [0.717, 1.165) is 0 Å². The normalized spacial score (nSPS) is 14.2. The summed E-state index contributed by atoms with van der Waals surface area (Å²) in [5, 5.41) is 0.549. The monoisotopic (exact) mass is 428 g/mol. The van der Waals surface area contributed by atoms with Gasteiger partial charge in [-0.25, -0.2) is 14.6 Å². The molecule has 0 saturated heterocycles. The number of carbonyl (C=O) groups is 2. The van der Waals surface area contributed by atoms with E-state index in [1.165, 1.54) is 14.2 Å². The number of methoxy groups -OCH3 is 2. The van der Waals surface area contributed by atoms with E-state index in [0.29, 0.717) is 33.3 Å². The number of benzene rings is 2. The van der Waals surface area contributed by atoms with Crippen molar-refractivity contribution >= 4 is 40.3 Å². The highest BCUT2D eigenvalue weighted by atomic mass is 35.5. The van der Waals surface area contributed by atoms with E-state index in [1.54, 1.807) is 41.3 Å². The summed E-state index contributed by atoms with van der Waals surface area (Å²) in [7, 11) is 2.49. The molecule has 0 amide bonds. The number of oxazole rings is 1. The highest BCUT2D eigenvalue weighted by Gasteiger charge is 2.32. The first-order valence-corrected chi connectivity index (χ1v) is 9.31. The van der Waals surface area contributed by atoms with Crippen molar-refractivity contribution in [3.63, 3.8) is 0 Å². The van der Waals surface area contributed by atoms with E-state index < -0.39 is 11.9 Å². The highest BCUT2D eigenvalue weighted by Crippen LogP contribution is 2.32. The van der Waals surface area contributed by atoms with Gasteiger partial charge in [0.25, 0.3) is 0 Å². The van der Waals surface area contributed by atoms with Crippen LogP contribution < -0.4 is 4.90 Å². The van der Waals surface area contributed by atoms with Crippen molar-refractivity contribution in [3.05, 3.63) is 58.8 Å². The van der Waals surface area contributed by atoms with Crippen LogP contribution >= 0.6 is 11.6 Å². The number of ether oxygens (including phenoxy) is 3. The van der Waals surface area contributed by atoms with Gasteiger partial charge in [0.05, 0.1) is 26.4 Å². The minimum absolute atomic E-state index is 0.0531. The van der Waals surface area contributed by atoms with Crippen LogP contribution in [0.5, 0.6) is 0 Å². The Bertz CT molecular complexity index is 1170. The zero-order chi connectivity index (χ0) is 21.3. The van der Waals surface area contributed by atoms with Crippen LogP contribution in [0.3, 0.4) is 0 Å². The lowest BCUT2D eigenvalue weighted by atomic mass is 10.1. The van der Waals surface area contributed by atoms with Crippen LogP contribution in [0.4, 0.5) is 5.69 Å². The van der Waals surface area contributed by atoms with Crippen LogP contribution in [0.15, 0.2) is 58.2 Å². The van der Waals surface area contributed by atoms with Gasteiger partial charge in [-0.1, -0.05) is 17.7 Å². The van der Waals surface area contributed by atoms with Crippen molar-refractivity contribution in [2.75, 3.05) is 32.5 Å². The fraction of sp³-hybridized carbons (Fsp3) is 0.190. The molecule has 0 unspecified atom stereocenters. The summed E-state index contributed by atoms with van der Waals surface area (Å²) in [4.78, 5) is 30.6. The van der Waals surface area contributed by atoms with Crippen LogP contribution in [-0.4, -0.2) is 44.5 Å². The standard InChI is InChI=1S/C21H17ClN2O6/c1-27-20(25)15-10-29-11-24(18(15)21(26)28-2)14-5-3-4-12(8-14)19-23-16-7-6-13(22)9-17(16)30-19/h3-9H,10-11H2,1-2H3. The van der Waals surface area contributed by atoms with Gasteiger partial charge in [-0.3, -0.25) is 0 Å². The van der Waals surface area contributed by atoms with E-state index in [2.05, 4.69) is 4.98 Å². The molecule has 4 rings (SSSR count). The number of carbonyl (C=O) groups excluding carboxylic acids is 2. The van der Waals surface area contributed by atoms with E-state index in [-0.39, 0.29) is 24.6 Å². The quantitative estimate of drug-likeness (QED) is 0.583. The molecule has 9 heteroatoms. The molecule has 8 nitrogen and oxygen atoms in total. The summed E-state index contributed by atoms with van der Waals surface area (Å²) >= 11 is 6.02. The topological polar surface area (TPSA) is 91.1 Å². The van der Waals surface area contributed by atoms with Gasteiger partial charge in [-0.05, 0) is 30.3 Å². The summed E-state index contributed by atoms with van der Waals surface area (Å²) in [6, 6.07) is 12.4. The van der Waals surface area contributed by atoms with Crippen LogP contribution in [0, 0.1) is 0 Å². The second kappa shape index (κ2) is 8.17. The average Bonchev–Trinajstić information content (AvgIpc) is 3.20. The fourth-order valence-electron chi connectivity index (χ4n) is 3.18. The molecule has 0 atom stereocenters. The number of esters is 2. The summed E-state index contributed by atoms with van der Waals surface area (Å²) in [6.45, 7) is -0.00324. The van der Waals surface area contributed by atoms with Crippen LogP contribution in [0.2, 0.25) is 5.02 Å². The molecule has 0 radical (unpaired) electrons. The summed E-state index contributed by atoms with van der Waals surface area (Å²) in [5.74, 6) is -0.934. The number of hydrogen-bond acceptors (Lipinski definition) is 8. The van der Waals surface area contributed by atoms with Crippen molar-refractivity contribution in [3.8, 4) is 11.5 Å². The summed E-state index contributed by atoms with van der Waals surface area (Å²) < 4.78 is 21.0. The van der Waals surface area contributed by atoms with Gasteiger partial charge in [0.2, 0.25) is 5.89 Å².